The molecule has 4 rings (SSSR count). The third-order valence-electron chi connectivity index (χ3n) is 5.63. The zero-order chi connectivity index (χ0) is 31.6. The molecular formula is C22H20N4O13S4. The minimum atomic E-state index is -4.94. The van der Waals surface area contributed by atoms with Crippen LogP contribution in [0.3, 0.4) is 0 Å². The smallest absolute Gasteiger partial charge is 0.293 e. The van der Waals surface area contributed by atoms with Crippen molar-refractivity contribution in [3.05, 3.63) is 76.2 Å². The van der Waals surface area contributed by atoms with Gasteiger partial charge in [0.05, 0.1) is 34.1 Å². The first kappa shape index (κ1) is 32.4. The zero-order valence-corrected chi connectivity index (χ0v) is 24.8. The highest BCUT2D eigenvalue weighted by atomic mass is 32.3. The Labute approximate surface area is 247 Å². The molecule has 43 heavy (non-hydrogen) atoms. The van der Waals surface area contributed by atoms with Crippen molar-refractivity contribution in [3.63, 3.8) is 0 Å². The highest BCUT2D eigenvalue weighted by Gasteiger charge is 2.20. The predicted octanol–water partition coefficient (Wildman–Crippen LogP) is 3.41. The molecule has 0 aliphatic heterocycles. The van der Waals surface area contributed by atoms with Gasteiger partial charge in [0.1, 0.15) is 10.6 Å². The average molecular weight is 677 g/mol. The van der Waals surface area contributed by atoms with Crippen LogP contribution in [0.25, 0.3) is 16.5 Å². The van der Waals surface area contributed by atoms with Gasteiger partial charge in [-0.2, -0.15) is 16.8 Å². The van der Waals surface area contributed by atoms with Crippen molar-refractivity contribution in [1.82, 2.24) is 9.78 Å². The van der Waals surface area contributed by atoms with E-state index in [2.05, 4.69) is 28.9 Å². The fourth-order valence-electron chi connectivity index (χ4n) is 3.84. The molecule has 0 spiro atoms. The summed E-state index contributed by atoms with van der Waals surface area (Å²) in [6.45, 7) is 1.54. The summed E-state index contributed by atoms with van der Waals surface area (Å²) in [5.74, 6) is -1.86. The van der Waals surface area contributed by atoms with Gasteiger partial charge in [0.2, 0.25) is 0 Å². The lowest BCUT2D eigenvalue weighted by atomic mass is 10.1. The third-order valence-corrected chi connectivity index (χ3v) is 9.08. The Hall–Kier alpha value is -3.51. The molecule has 0 fully saturated rings. The van der Waals surface area contributed by atoms with E-state index in [1.165, 1.54) is 54.6 Å². The molecule has 0 bridgehead atoms. The molecule has 0 aliphatic carbocycles. The van der Waals surface area contributed by atoms with Gasteiger partial charge in [-0.25, -0.2) is 22.5 Å². The van der Waals surface area contributed by atoms with Crippen LogP contribution in [0.2, 0.25) is 0 Å². The minimum Gasteiger partial charge on any atom is -0.293 e. The van der Waals surface area contributed by atoms with Gasteiger partial charge in [-0.15, -0.1) is 14.6 Å². The molecule has 0 unspecified atom stereocenters. The summed E-state index contributed by atoms with van der Waals surface area (Å²) < 4.78 is 96.7. The van der Waals surface area contributed by atoms with Crippen LogP contribution in [0.1, 0.15) is 11.3 Å². The highest BCUT2D eigenvalue weighted by Crippen LogP contribution is 2.39. The van der Waals surface area contributed by atoms with Crippen LogP contribution in [0, 0.1) is 6.92 Å². The minimum absolute atomic E-state index is 0.0807. The Balaban J connectivity index is 1.64. The second-order valence-corrected chi connectivity index (χ2v) is 13.8. The molecule has 1 aromatic heterocycles. The first-order valence-corrected chi connectivity index (χ1v) is 16.8. The van der Waals surface area contributed by atoms with Crippen molar-refractivity contribution in [3.8, 4) is 5.69 Å². The van der Waals surface area contributed by atoms with Crippen LogP contribution in [0.5, 0.6) is 0 Å². The third kappa shape index (κ3) is 7.91. The summed E-state index contributed by atoms with van der Waals surface area (Å²) in [6.07, 6.45) is 0. The average Bonchev–Trinajstić information content (AvgIpc) is 3.21. The zero-order valence-electron chi connectivity index (χ0n) is 21.5. The summed E-state index contributed by atoms with van der Waals surface area (Å²) in [4.78, 5) is 12.9. The summed E-state index contributed by atoms with van der Waals surface area (Å²) in [7, 11) is -13.6. The topological polar surface area (TPSA) is 253 Å². The summed E-state index contributed by atoms with van der Waals surface area (Å²) in [5, 5.41) is 23.6. The number of aromatic amines is 1. The normalized spacial score (nSPS) is 12.8. The summed E-state index contributed by atoms with van der Waals surface area (Å²) in [6, 6.07) is 12.4. The maximum atomic E-state index is 13.1. The van der Waals surface area contributed by atoms with Crippen LogP contribution < -0.4 is 5.56 Å². The lowest BCUT2D eigenvalue weighted by molar-refractivity contribution is -0.432. The molecule has 0 aliphatic rings. The SMILES string of the molecule is Cc1[nH]n(-c2ccc(CS(=O)(=O)COS(=O)(=O)O)cc2)c(=O)c1N=Nc1ccc2c(S(=O)(=O)O)cccc2c1SOOO. The number of azo groups is 1. The molecule has 17 nitrogen and oxygen atoms in total. The molecule has 0 amide bonds. The van der Waals surface area contributed by atoms with E-state index < -0.39 is 47.6 Å². The van der Waals surface area contributed by atoms with Gasteiger partial charge in [0.15, 0.2) is 21.5 Å². The Kier molecular flexibility index (Phi) is 9.51. The van der Waals surface area contributed by atoms with Crippen molar-refractivity contribution < 1.29 is 53.2 Å². The Morgan fingerprint density at radius 3 is 2.26 bits per heavy atom. The second-order valence-electron chi connectivity index (χ2n) is 8.61. The molecule has 1 heterocycles. The maximum absolute atomic E-state index is 13.1. The van der Waals surface area contributed by atoms with Gasteiger partial charge >= 0.3 is 10.4 Å². The molecule has 3 aromatic carbocycles. The highest BCUT2D eigenvalue weighted by molar-refractivity contribution is 7.95. The van der Waals surface area contributed by atoms with Crippen molar-refractivity contribution in [2.24, 2.45) is 10.2 Å². The number of nitrogens with zero attached hydrogens (tertiary/aromatic N) is 3. The molecule has 4 N–H and O–H groups in total. The molecule has 21 heteroatoms. The van der Waals surface area contributed by atoms with Crippen LogP contribution in [-0.4, -0.2) is 55.3 Å². The lowest BCUT2D eigenvalue weighted by Gasteiger charge is -2.09. The number of aromatic nitrogens is 2. The maximum Gasteiger partial charge on any atom is 0.398 e. The number of sulfone groups is 1. The standard InChI is InChI=1S/C22H20N4O13S4/c1-13-20(22(27)26(25-13)15-7-5-14(6-8-15)11-41(29,30)12-37-43(34,35)36)24-23-18-10-9-16-17(21(18)40-39-38-28)3-2-4-19(16)42(31,32)33/h2-10,25,28H,11-12H2,1H3,(H,31,32,33)(H,34,35,36). The Morgan fingerprint density at radius 2 is 1.63 bits per heavy atom. The number of H-pyrrole nitrogens is 1. The van der Waals surface area contributed by atoms with Crippen molar-refractivity contribution in [1.29, 1.82) is 0 Å². The molecule has 230 valence electrons. The second kappa shape index (κ2) is 12.6. The fraction of sp³-hybridized carbons (Fsp3) is 0.136. The Morgan fingerprint density at radius 1 is 0.930 bits per heavy atom. The molecular weight excluding hydrogens is 657 g/mol. The summed E-state index contributed by atoms with van der Waals surface area (Å²) in [5.41, 5.74) is 0.154. The molecule has 0 radical (unpaired) electrons. The molecule has 4 aromatic rings. The van der Waals surface area contributed by atoms with E-state index in [1.807, 2.05) is 0 Å². The number of benzene rings is 3. The quantitative estimate of drug-likeness (QED) is 0.0552. The number of hydrogen-bond acceptors (Lipinski definition) is 14. The Bertz CT molecular complexity index is 2090. The van der Waals surface area contributed by atoms with Gasteiger partial charge in [-0.3, -0.25) is 19.0 Å². The first-order valence-electron chi connectivity index (χ1n) is 11.4. The largest absolute Gasteiger partial charge is 0.398 e. The molecule has 0 saturated carbocycles. The van der Waals surface area contributed by atoms with Crippen LogP contribution in [0.15, 0.2) is 79.4 Å². The van der Waals surface area contributed by atoms with Crippen LogP contribution in [-0.2, 0) is 49.7 Å². The van der Waals surface area contributed by atoms with E-state index in [0.717, 1.165) is 4.68 Å². The van der Waals surface area contributed by atoms with Gasteiger partial charge in [0, 0.05) is 10.8 Å². The van der Waals surface area contributed by atoms with E-state index in [0.29, 0.717) is 17.7 Å². The van der Waals surface area contributed by atoms with Gasteiger partial charge in [-0.05, 0) is 36.8 Å². The molecule has 0 saturated heterocycles. The van der Waals surface area contributed by atoms with Gasteiger partial charge in [-0.1, -0.05) is 35.4 Å². The van der Waals surface area contributed by atoms with Crippen LogP contribution >= 0.6 is 12.0 Å². The monoisotopic (exact) mass is 676 g/mol. The van der Waals surface area contributed by atoms with E-state index in [-0.39, 0.29) is 43.2 Å². The lowest BCUT2D eigenvalue weighted by Crippen LogP contribution is -2.16. The number of fused-ring (bicyclic) bond motifs is 1. The number of hydrogen-bond donors (Lipinski definition) is 4. The van der Waals surface area contributed by atoms with E-state index in [4.69, 9.17) is 9.81 Å². The van der Waals surface area contributed by atoms with Crippen molar-refractivity contribution in [2.45, 2.75) is 22.5 Å². The van der Waals surface area contributed by atoms with E-state index in [1.54, 1.807) is 6.92 Å². The fourth-order valence-corrected chi connectivity index (χ4v) is 6.97. The van der Waals surface area contributed by atoms with Crippen molar-refractivity contribution in [2.75, 3.05) is 5.94 Å². The number of nitrogens with one attached hydrogen (secondary N) is 1. The number of rotatable bonds is 12. The molecule has 0 atom stereocenters. The van der Waals surface area contributed by atoms with Gasteiger partial charge in [0.25, 0.3) is 15.7 Å². The first-order chi connectivity index (χ1) is 20.1. The number of aryl methyl sites for hydroxylation is 1. The summed E-state index contributed by atoms with van der Waals surface area (Å²) >= 11 is 0.464. The van der Waals surface area contributed by atoms with Crippen LogP contribution in [0.4, 0.5) is 11.4 Å². The predicted molar refractivity (Wildman–Crippen MR) is 150 cm³/mol. The van der Waals surface area contributed by atoms with Crippen molar-refractivity contribution >= 4 is 64.5 Å². The van der Waals surface area contributed by atoms with E-state index in [9.17, 15) is 34.6 Å². The van der Waals surface area contributed by atoms with E-state index >= 15 is 0 Å². The van der Waals surface area contributed by atoms with Gasteiger partial charge < -0.3 is 0 Å².